The summed E-state index contributed by atoms with van der Waals surface area (Å²) in [5, 5.41) is 3.28. The van der Waals surface area contributed by atoms with E-state index in [1.807, 2.05) is 0 Å². The normalized spacial score (nSPS) is 11.0. The molecule has 0 unspecified atom stereocenters. The van der Waals surface area contributed by atoms with E-state index in [9.17, 15) is 13.2 Å². The molecule has 0 bridgehead atoms. The Hall–Kier alpha value is -1.82. The zero-order valence-corrected chi connectivity index (χ0v) is 8.38. The lowest BCUT2D eigenvalue weighted by atomic mass is 10.3. The van der Waals surface area contributed by atoms with Crippen molar-refractivity contribution in [3.63, 3.8) is 0 Å². The van der Waals surface area contributed by atoms with E-state index in [4.69, 9.17) is 5.53 Å². The van der Waals surface area contributed by atoms with Crippen molar-refractivity contribution in [3.05, 3.63) is 27.8 Å². The van der Waals surface area contributed by atoms with Crippen molar-refractivity contribution in [2.75, 3.05) is 6.61 Å². The van der Waals surface area contributed by atoms with Crippen LogP contribution in [0.5, 0.6) is 5.88 Å². The van der Waals surface area contributed by atoms with Crippen LogP contribution in [0, 0.1) is 6.92 Å². The standard InChI is InChI=1S/C8H9F3N4O/c1-5-2-6(3-13-15-12)14-7(5)16-4-8(9,10)11/h2,14H,3-4H2,1H3. The third-order valence-electron chi connectivity index (χ3n) is 1.71. The monoisotopic (exact) mass is 234 g/mol. The van der Waals surface area contributed by atoms with Crippen LogP contribution in [0.3, 0.4) is 0 Å². The molecule has 0 spiro atoms. The van der Waals surface area contributed by atoms with Crippen LogP contribution < -0.4 is 4.74 Å². The van der Waals surface area contributed by atoms with Gasteiger partial charge in [-0.3, -0.25) is 0 Å². The summed E-state index contributed by atoms with van der Waals surface area (Å²) in [4.78, 5) is 5.14. The second-order valence-electron chi connectivity index (χ2n) is 3.10. The first-order valence-corrected chi connectivity index (χ1v) is 4.31. The highest BCUT2D eigenvalue weighted by Crippen LogP contribution is 2.22. The molecule has 0 aromatic carbocycles. The van der Waals surface area contributed by atoms with Gasteiger partial charge in [-0.15, -0.1) is 0 Å². The van der Waals surface area contributed by atoms with Crippen molar-refractivity contribution in [2.45, 2.75) is 19.6 Å². The fourth-order valence-electron chi connectivity index (χ4n) is 1.10. The maximum absolute atomic E-state index is 11.9. The number of hydrogen-bond donors (Lipinski definition) is 1. The van der Waals surface area contributed by atoms with Gasteiger partial charge in [-0.25, -0.2) is 0 Å². The number of nitrogens with zero attached hydrogens (tertiary/aromatic N) is 3. The summed E-state index contributed by atoms with van der Waals surface area (Å²) in [6.07, 6.45) is -4.37. The zero-order valence-electron chi connectivity index (χ0n) is 8.38. The number of nitrogens with one attached hydrogen (secondary N) is 1. The molecule has 0 fully saturated rings. The van der Waals surface area contributed by atoms with Gasteiger partial charge in [0.1, 0.15) is 0 Å². The van der Waals surface area contributed by atoms with Crippen LogP contribution in [0.1, 0.15) is 11.3 Å². The topological polar surface area (TPSA) is 73.8 Å². The summed E-state index contributed by atoms with van der Waals surface area (Å²) in [5.74, 6) is 0.0421. The maximum Gasteiger partial charge on any atom is 0.422 e. The molecule has 0 saturated carbocycles. The van der Waals surface area contributed by atoms with Crippen molar-refractivity contribution >= 4 is 0 Å². The lowest BCUT2D eigenvalue weighted by Gasteiger charge is -2.07. The second-order valence-corrected chi connectivity index (χ2v) is 3.10. The summed E-state index contributed by atoms with van der Waals surface area (Å²) >= 11 is 0. The third-order valence-corrected chi connectivity index (χ3v) is 1.71. The second kappa shape index (κ2) is 4.80. The Labute approximate surface area is 88.8 Å². The highest BCUT2D eigenvalue weighted by atomic mass is 19.4. The molecule has 1 aromatic heterocycles. The molecule has 0 radical (unpaired) electrons. The van der Waals surface area contributed by atoms with Gasteiger partial charge in [-0.2, -0.15) is 13.2 Å². The average Bonchev–Trinajstić information content (AvgIpc) is 2.52. The van der Waals surface area contributed by atoms with Gasteiger partial charge in [0.25, 0.3) is 0 Å². The molecule has 1 aromatic rings. The van der Waals surface area contributed by atoms with E-state index in [2.05, 4.69) is 19.7 Å². The number of halogens is 3. The number of ether oxygens (including phenoxy) is 1. The van der Waals surface area contributed by atoms with Crippen LogP contribution in [-0.4, -0.2) is 17.8 Å². The first-order valence-electron chi connectivity index (χ1n) is 4.31. The summed E-state index contributed by atoms with van der Waals surface area (Å²) < 4.78 is 40.2. The lowest BCUT2D eigenvalue weighted by molar-refractivity contribution is -0.154. The van der Waals surface area contributed by atoms with Crippen LogP contribution in [0.2, 0.25) is 0 Å². The number of aromatic nitrogens is 1. The summed E-state index contributed by atoms with van der Waals surface area (Å²) in [6, 6.07) is 1.57. The van der Waals surface area contributed by atoms with Gasteiger partial charge >= 0.3 is 6.18 Å². The number of alkyl halides is 3. The molecule has 16 heavy (non-hydrogen) atoms. The largest absolute Gasteiger partial charge is 0.469 e. The molecule has 5 nitrogen and oxygen atoms in total. The van der Waals surface area contributed by atoms with E-state index in [-0.39, 0.29) is 12.4 Å². The van der Waals surface area contributed by atoms with Crippen molar-refractivity contribution < 1.29 is 17.9 Å². The summed E-state index contributed by atoms with van der Waals surface area (Å²) in [7, 11) is 0. The number of H-pyrrole nitrogens is 1. The minimum absolute atomic E-state index is 0.0421. The Kier molecular flexibility index (Phi) is 3.68. The molecule has 0 amide bonds. The van der Waals surface area contributed by atoms with Gasteiger partial charge in [0.2, 0.25) is 0 Å². The van der Waals surface area contributed by atoms with Gasteiger partial charge in [0.05, 0.1) is 6.54 Å². The van der Waals surface area contributed by atoms with E-state index in [0.29, 0.717) is 11.3 Å². The third kappa shape index (κ3) is 3.74. The van der Waals surface area contributed by atoms with Crippen LogP contribution in [0.25, 0.3) is 10.4 Å². The molecule has 1 heterocycles. The minimum Gasteiger partial charge on any atom is -0.469 e. The van der Waals surface area contributed by atoms with E-state index in [1.165, 1.54) is 0 Å². The maximum atomic E-state index is 11.9. The number of rotatable bonds is 4. The quantitative estimate of drug-likeness (QED) is 0.485. The number of azide groups is 1. The van der Waals surface area contributed by atoms with Gasteiger partial charge in [-0.05, 0) is 18.5 Å². The number of aryl methyl sites for hydroxylation is 1. The predicted molar refractivity (Wildman–Crippen MR) is 49.9 cm³/mol. The molecule has 0 aliphatic heterocycles. The van der Waals surface area contributed by atoms with Gasteiger partial charge in [-0.1, -0.05) is 5.11 Å². The minimum atomic E-state index is -4.37. The van der Waals surface area contributed by atoms with Crippen LogP contribution in [0.4, 0.5) is 13.2 Å². The lowest BCUT2D eigenvalue weighted by Crippen LogP contribution is -2.19. The number of aromatic amines is 1. The SMILES string of the molecule is Cc1cc(CN=[N+]=[N-])[nH]c1OCC(F)(F)F. The Morgan fingerprint density at radius 3 is 2.81 bits per heavy atom. The fraction of sp³-hybridized carbons (Fsp3) is 0.500. The Morgan fingerprint density at radius 1 is 1.56 bits per heavy atom. The van der Waals surface area contributed by atoms with E-state index >= 15 is 0 Å². The average molecular weight is 234 g/mol. The van der Waals surface area contributed by atoms with E-state index in [0.717, 1.165) is 0 Å². The van der Waals surface area contributed by atoms with E-state index < -0.39 is 12.8 Å². The number of hydrogen-bond acceptors (Lipinski definition) is 2. The Morgan fingerprint density at radius 2 is 2.25 bits per heavy atom. The molecule has 88 valence electrons. The molecule has 0 atom stereocenters. The van der Waals surface area contributed by atoms with Crippen molar-refractivity contribution in [1.82, 2.24) is 4.98 Å². The molecule has 0 saturated heterocycles. The smallest absolute Gasteiger partial charge is 0.422 e. The predicted octanol–water partition coefficient (Wildman–Crippen LogP) is 3.07. The van der Waals surface area contributed by atoms with Gasteiger partial charge in [0.15, 0.2) is 12.5 Å². The molecule has 1 rings (SSSR count). The van der Waals surface area contributed by atoms with Crippen LogP contribution >= 0.6 is 0 Å². The molecular formula is C8H9F3N4O. The Bertz CT molecular complexity index is 406. The summed E-state index contributed by atoms with van der Waals surface area (Å²) in [5.41, 5.74) is 9.12. The van der Waals surface area contributed by atoms with Crippen LogP contribution in [-0.2, 0) is 6.54 Å². The van der Waals surface area contributed by atoms with Crippen molar-refractivity contribution in [1.29, 1.82) is 0 Å². The van der Waals surface area contributed by atoms with E-state index in [1.54, 1.807) is 13.0 Å². The fourth-order valence-corrected chi connectivity index (χ4v) is 1.10. The molecule has 1 N–H and O–H groups in total. The molecule has 8 heteroatoms. The Balaban J connectivity index is 2.66. The van der Waals surface area contributed by atoms with Gasteiger partial charge in [0, 0.05) is 16.2 Å². The van der Waals surface area contributed by atoms with Crippen molar-refractivity contribution in [3.8, 4) is 5.88 Å². The first-order chi connectivity index (χ1) is 7.42. The molecular weight excluding hydrogens is 225 g/mol. The highest BCUT2D eigenvalue weighted by molar-refractivity contribution is 5.29. The van der Waals surface area contributed by atoms with Crippen molar-refractivity contribution in [2.24, 2.45) is 5.11 Å². The molecule has 0 aliphatic carbocycles. The van der Waals surface area contributed by atoms with Gasteiger partial charge < -0.3 is 9.72 Å². The molecule has 0 aliphatic rings. The first kappa shape index (κ1) is 12.3. The highest BCUT2D eigenvalue weighted by Gasteiger charge is 2.28. The zero-order chi connectivity index (χ0) is 12.2. The summed E-state index contributed by atoms with van der Waals surface area (Å²) in [6.45, 7) is 0.295. The van der Waals surface area contributed by atoms with Crippen LogP contribution in [0.15, 0.2) is 11.2 Å².